The third-order valence-corrected chi connectivity index (χ3v) is 18.4. The summed E-state index contributed by atoms with van der Waals surface area (Å²) in [5, 5.41) is 6.58. The van der Waals surface area contributed by atoms with E-state index >= 15 is 0 Å². The molecule has 13 heteroatoms. The molecule has 302 valence electrons. The molecule has 0 aliphatic heterocycles. The second-order valence-corrected chi connectivity index (χ2v) is 23.0. The highest BCUT2D eigenvalue weighted by molar-refractivity contribution is 7.89. The van der Waals surface area contributed by atoms with Gasteiger partial charge in [0.2, 0.25) is 16.0 Å². The molecule has 2 N–H and O–H groups in total. The second kappa shape index (κ2) is 17.5. The summed E-state index contributed by atoms with van der Waals surface area (Å²) >= 11 is 6.29. The SMILES string of the molecule is Cc1cc(S(=O)(=O)NCCOC2CCC(CO[Si](c3ccccc3)(c3ccccc3)C(C)(C)C)CC2)ccc1Nc1ncc2cc(Cl)c(=O)n(C3CCCC3)c2n1. The van der Waals surface area contributed by atoms with Gasteiger partial charge in [0.25, 0.3) is 13.9 Å². The fraction of sp³-hybridized carbons (Fsp3) is 0.432. The Morgan fingerprint density at radius 1 is 0.895 bits per heavy atom. The van der Waals surface area contributed by atoms with Crippen molar-refractivity contribution in [3.63, 3.8) is 0 Å². The molecule has 5 aromatic rings. The van der Waals surface area contributed by atoms with Crippen molar-refractivity contribution >= 4 is 63.0 Å². The van der Waals surface area contributed by atoms with Crippen molar-refractivity contribution in [3.8, 4) is 0 Å². The fourth-order valence-electron chi connectivity index (χ4n) is 8.67. The zero-order valence-corrected chi connectivity index (χ0v) is 35.9. The summed E-state index contributed by atoms with van der Waals surface area (Å²) in [4.78, 5) is 22.4. The van der Waals surface area contributed by atoms with Crippen LogP contribution in [-0.2, 0) is 19.2 Å². The lowest BCUT2D eigenvalue weighted by Crippen LogP contribution is -2.67. The van der Waals surface area contributed by atoms with E-state index in [0.29, 0.717) is 47.4 Å². The molecule has 0 saturated heterocycles. The Balaban J connectivity index is 0.911. The second-order valence-electron chi connectivity index (χ2n) is 16.6. The number of halogens is 1. The first-order valence-corrected chi connectivity index (χ1v) is 23.9. The number of sulfonamides is 1. The minimum absolute atomic E-state index is 0.0488. The molecule has 57 heavy (non-hydrogen) atoms. The predicted molar refractivity (Wildman–Crippen MR) is 231 cm³/mol. The molecule has 2 aromatic heterocycles. The van der Waals surface area contributed by atoms with Crippen LogP contribution >= 0.6 is 11.6 Å². The minimum Gasteiger partial charge on any atom is -0.407 e. The molecule has 2 saturated carbocycles. The van der Waals surface area contributed by atoms with Crippen LogP contribution in [0, 0.1) is 12.8 Å². The number of fused-ring (bicyclic) bond motifs is 1. The van der Waals surface area contributed by atoms with E-state index in [0.717, 1.165) is 51.4 Å². The molecule has 2 aliphatic carbocycles. The number of pyridine rings is 1. The Kier molecular flexibility index (Phi) is 12.7. The minimum atomic E-state index is -3.77. The monoisotopic (exact) mass is 827 g/mol. The first-order valence-electron chi connectivity index (χ1n) is 20.2. The Morgan fingerprint density at radius 2 is 1.54 bits per heavy atom. The lowest BCUT2D eigenvalue weighted by Gasteiger charge is -2.44. The van der Waals surface area contributed by atoms with E-state index < -0.39 is 18.3 Å². The van der Waals surface area contributed by atoms with Crippen molar-refractivity contribution in [2.24, 2.45) is 5.92 Å². The number of ether oxygens (including phenoxy) is 1. The van der Waals surface area contributed by atoms with E-state index in [2.05, 4.69) is 96.5 Å². The Bertz CT molecular complexity index is 2290. The number of benzene rings is 3. The van der Waals surface area contributed by atoms with Crippen LogP contribution in [0.5, 0.6) is 0 Å². The van der Waals surface area contributed by atoms with E-state index in [1.807, 2.05) is 6.92 Å². The number of nitrogens with zero attached hydrogens (tertiary/aromatic N) is 3. The summed E-state index contributed by atoms with van der Waals surface area (Å²) < 4.78 is 44.4. The molecule has 0 unspecified atom stereocenters. The molecule has 0 radical (unpaired) electrons. The van der Waals surface area contributed by atoms with Gasteiger partial charge in [-0.15, -0.1) is 0 Å². The molecule has 0 spiro atoms. The maximum Gasteiger partial charge on any atom is 0.271 e. The van der Waals surface area contributed by atoms with Crippen LogP contribution in [0.1, 0.15) is 83.7 Å². The van der Waals surface area contributed by atoms with Crippen molar-refractivity contribution in [1.29, 1.82) is 0 Å². The van der Waals surface area contributed by atoms with E-state index in [1.54, 1.807) is 35.0 Å². The molecule has 0 amide bonds. The van der Waals surface area contributed by atoms with Gasteiger partial charge in [0.1, 0.15) is 10.7 Å². The predicted octanol–water partition coefficient (Wildman–Crippen LogP) is 8.04. The van der Waals surface area contributed by atoms with Crippen LogP contribution in [-0.4, -0.2) is 57.1 Å². The largest absolute Gasteiger partial charge is 0.407 e. The third-order valence-electron chi connectivity index (χ3n) is 11.7. The van der Waals surface area contributed by atoms with Gasteiger partial charge >= 0.3 is 0 Å². The summed E-state index contributed by atoms with van der Waals surface area (Å²) in [6, 6.07) is 28.1. The topological polar surface area (TPSA) is 124 Å². The maximum atomic E-state index is 13.3. The zero-order valence-electron chi connectivity index (χ0n) is 33.3. The first-order chi connectivity index (χ1) is 27.4. The van der Waals surface area contributed by atoms with Crippen molar-refractivity contribution < 1.29 is 17.6 Å². The van der Waals surface area contributed by atoms with Gasteiger partial charge in [-0.3, -0.25) is 9.36 Å². The molecular formula is C44H54ClN5O5SSi. The number of hydrogen-bond donors (Lipinski definition) is 2. The van der Waals surface area contributed by atoms with Crippen LogP contribution in [0.15, 0.2) is 101 Å². The number of aromatic nitrogens is 3. The van der Waals surface area contributed by atoms with E-state index in [4.69, 9.17) is 25.7 Å². The lowest BCUT2D eigenvalue weighted by molar-refractivity contribution is 0.0154. The highest BCUT2D eigenvalue weighted by atomic mass is 35.5. The standard InChI is InChI=1S/C44H54ClN5O5SSi/c1-31-27-36(23-24-40(31)48-43-46-29-33-28-39(45)42(51)50(41(33)49-43)34-13-11-12-14-34)56(52,53)47-25-26-54-35-21-19-32(20-22-35)30-55-57(44(2,3)4,37-15-7-5-8-16-37)38-17-9-6-10-18-38/h5-10,15-18,23-24,27-29,32,34-35,47H,11-14,19-22,25-26,30H2,1-4H3,(H,46,48,49). The van der Waals surface area contributed by atoms with Crippen LogP contribution < -0.4 is 26.0 Å². The maximum absolute atomic E-state index is 13.3. The molecular weight excluding hydrogens is 774 g/mol. The van der Waals surface area contributed by atoms with E-state index in [-0.39, 0.29) is 39.2 Å². The normalized spacial score (nSPS) is 18.3. The fourth-order valence-corrected chi connectivity index (χ4v) is 14.6. The highest BCUT2D eigenvalue weighted by Gasteiger charge is 2.50. The number of hydrogen-bond acceptors (Lipinski definition) is 8. The zero-order chi connectivity index (χ0) is 40.2. The van der Waals surface area contributed by atoms with Gasteiger partial charge < -0.3 is 14.5 Å². The molecule has 3 aromatic carbocycles. The Morgan fingerprint density at radius 3 is 2.16 bits per heavy atom. The smallest absolute Gasteiger partial charge is 0.271 e. The van der Waals surface area contributed by atoms with Crippen molar-refractivity contribution in [2.75, 3.05) is 25.1 Å². The lowest BCUT2D eigenvalue weighted by atomic mass is 9.88. The number of nitrogens with one attached hydrogen (secondary N) is 2. The van der Waals surface area contributed by atoms with Crippen molar-refractivity contribution in [1.82, 2.24) is 19.3 Å². The summed E-state index contributed by atoms with van der Waals surface area (Å²) in [6.07, 6.45) is 9.51. The van der Waals surface area contributed by atoms with E-state index in [1.165, 1.54) is 10.4 Å². The van der Waals surface area contributed by atoms with Gasteiger partial charge in [0, 0.05) is 36.5 Å². The van der Waals surface area contributed by atoms with Gasteiger partial charge in [-0.25, -0.2) is 18.1 Å². The average molecular weight is 829 g/mol. The Hall–Kier alpha value is -3.91. The summed E-state index contributed by atoms with van der Waals surface area (Å²) in [5.74, 6) is 0.752. The third kappa shape index (κ3) is 9.06. The molecule has 2 heterocycles. The van der Waals surface area contributed by atoms with Gasteiger partial charge in [0.15, 0.2) is 0 Å². The molecule has 2 fully saturated rings. The molecule has 0 atom stereocenters. The highest BCUT2D eigenvalue weighted by Crippen LogP contribution is 2.38. The summed E-state index contributed by atoms with van der Waals surface area (Å²) in [5.41, 5.74) is 1.65. The number of aryl methyl sites for hydroxylation is 1. The van der Waals surface area contributed by atoms with Crippen molar-refractivity contribution in [2.45, 2.75) is 101 Å². The van der Waals surface area contributed by atoms with Crippen LogP contribution in [0.3, 0.4) is 0 Å². The quantitative estimate of drug-likeness (QED) is 0.0852. The van der Waals surface area contributed by atoms with Crippen molar-refractivity contribution in [3.05, 3.63) is 112 Å². The average Bonchev–Trinajstić information content (AvgIpc) is 3.74. The summed E-state index contributed by atoms with van der Waals surface area (Å²) in [6.45, 7) is 9.93. The van der Waals surface area contributed by atoms with Crippen LogP contribution in [0.25, 0.3) is 11.0 Å². The van der Waals surface area contributed by atoms with Gasteiger partial charge in [0.05, 0.1) is 17.6 Å². The van der Waals surface area contributed by atoms with Gasteiger partial charge in [-0.2, -0.15) is 4.98 Å². The first kappa shape index (κ1) is 41.3. The molecule has 2 aliphatic rings. The molecule has 0 bridgehead atoms. The van der Waals surface area contributed by atoms with Crippen LogP contribution in [0.4, 0.5) is 11.6 Å². The van der Waals surface area contributed by atoms with E-state index in [9.17, 15) is 13.2 Å². The number of rotatable bonds is 14. The number of anilines is 2. The van der Waals surface area contributed by atoms with Crippen LogP contribution in [0.2, 0.25) is 10.1 Å². The van der Waals surface area contributed by atoms with Gasteiger partial charge in [-0.1, -0.05) is 106 Å². The molecule has 7 rings (SSSR count). The van der Waals surface area contributed by atoms with Gasteiger partial charge in [-0.05, 0) is 96.6 Å². The summed E-state index contributed by atoms with van der Waals surface area (Å²) in [7, 11) is -6.35. The molecule has 10 nitrogen and oxygen atoms in total. The Labute approximate surface area is 342 Å².